The normalized spacial score (nSPS) is 31.2. The Bertz CT molecular complexity index is 1100. The summed E-state index contributed by atoms with van der Waals surface area (Å²) in [6.45, 7) is 5.67. The molecule has 8 nitrogen and oxygen atoms in total. The number of benzene rings is 1. The van der Waals surface area contributed by atoms with Crippen molar-refractivity contribution < 1.29 is 24.2 Å². The molecule has 4 aliphatic rings. The maximum Gasteiger partial charge on any atom is 0.249 e. The number of aliphatic hydroxyl groups excluding tert-OH is 1. The lowest BCUT2D eigenvalue weighted by Crippen LogP contribution is -2.58. The van der Waals surface area contributed by atoms with Gasteiger partial charge in [0.05, 0.1) is 30.6 Å². The number of aliphatic hydroxyl groups is 1. The van der Waals surface area contributed by atoms with Crippen LogP contribution in [0.15, 0.2) is 54.6 Å². The van der Waals surface area contributed by atoms with Gasteiger partial charge < -0.3 is 24.5 Å². The van der Waals surface area contributed by atoms with Crippen LogP contribution in [0, 0.1) is 11.8 Å². The predicted molar refractivity (Wildman–Crippen MR) is 143 cm³/mol. The summed E-state index contributed by atoms with van der Waals surface area (Å²) < 4.78 is 6.68. The van der Waals surface area contributed by atoms with Crippen LogP contribution in [-0.4, -0.2) is 87.6 Å². The molecule has 0 radical (unpaired) electrons. The minimum atomic E-state index is -1.25. The second-order valence-electron chi connectivity index (χ2n) is 10.9. The first-order valence-corrected chi connectivity index (χ1v) is 14.0. The highest BCUT2D eigenvalue weighted by Crippen LogP contribution is 2.54. The van der Waals surface area contributed by atoms with Gasteiger partial charge in [0.1, 0.15) is 11.6 Å². The van der Waals surface area contributed by atoms with Gasteiger partial charge in [0.25, 0.3) is 0 Å². The number of hydrogen-bond donors (Lipinski definition) is 1. The van der Waals surface area contributed by atoms with Crippen LogP contribution in [0.25, 0.3) is 0 Å². The predicted octanol–water partition coefficient (Wildman–Crippen LogP) is 2.53. The second-order valence-corrected chi connectivity index (χ2v) is 10.9. The molecule has 1 aromatic carbocycles. The molecule has 1 spiro atoms. The summed E-state index contributed by atoms with van der Waals surface area (Å²) in [5.41, 5.74) is -0.237. The Kier molecular flexibility index (Phi) is 7.73. The fourth-order valence-corrected chi connectivity index (χ4v) is 6.68. The molecular weight excluding hydrogens is 482 g/mol. The largest absolute Gasteiger partial charge is 0.394 e. The molecule has 0 aromatic heterocycles. The number of carbonyl (C=O) groups is 3. The van der Waals surface area contributed by atoms with E-state index in [9.17, 15) is 19.5 Å². The van der Waals surface area contributed by atoms with Crippen LogP contribution in [0.3, 0.4) is 0 Å². The molecule has 2 fully saturated rings. The molecule has 8 heteroatoms. The first-order valence-electron chi connectivity index (χ1n) is 14.0. The number of fused-ring (bicyclic) bond motifs is 2. The van der Waals surface area contributed by atoms with Gasteiger partial charge in [-0.15, -0.1) is 0 Å². The molecule has 4 heterocycles. The molecule has 0 saturated carbocycles. The zero-order chi connectivity index (χ0) is 26.9. The minimum Gasteiger partial charge on any atom is -0.394 e. The van der Waals surface area contributed by atoms with E-state index in [-0.39, 0.29) is 24.3 Å². The molecule has 6 atom stereocenters. The quantitative estimate of drug-likeness (QED) is 0.399. The van der Waals surface area contributed by atoms with Crippen molar-refractivity contribution in [3.8, 4) is 0 Å². The Hall–Kier alpha value is -2.97. The standard InChI is InChI=1S/C30H39N3O5/c1-3-5-9-16-31-18-11-15-30-25(28(36)33(22(4-2)20-34)26(30)29(31)37)24-23(38-30)14-10-17-32(27(24)35)19-21-12-7-6-8-13-21/h6-8,10-15,22-26,34H,3-5,9,16-20H2,1-2H3/t22-,23-,24+,25-,26?,30-/m0/s1. The van der Waals surface area contributed by atoms with Gasteiger partial charge in [-0.3, -0.25) is 14.4 Å². The third-order valence-electron chi connectivity index (χ3n) is 8.59. The lowest BCUT2D eigenvalue weighted by molar-refractivity contribution is -0.151. The summed E-state index contributed by atoms with van der Waals surface area (Å²) in [6, 6.07) is 8.36. The van der Waals surface area contributed by atoms with Crippen molar-refractivity contribution in [3.63, 3.8) is 0 Å². The smallest absolute Gasteiger partial charge is 0.249 e. The Morgan fingerprint density at radius 3 is 2.47 bits per heavy atom. The molecule has 3 amide bonds. The number of ether oxygens (including phenoxy) is 1. The van der Waals surface area contributed by atoms with E-state index in [2.05, 4.69) is 6.92 Å². The molecule has 0 aliphatic carbocycles. The van der Waals surface area contributed by atoms with E-state index < -0.39 is 35.6 Å². The highest BCUT2D eigenvalue weighted by molar-refractivity contribution is 6.00. The van der Waals surface area contributed by atoms with Gasteiger partial charge in [-0.25, -0.2) is 0 Å². The van der Waals surface area contributed by atoms with Crippen molar-refractivity contribution in [2.24, 2.45) is 11.8 Å². The minimum absolute atomic E-state index is 0.137. The fourth-order valence-electron chi connectivity index (χ4n) is 6.68. The fraction of sp³-hybridized carbons (Fsp3) is 0.567. The molecule has 1 N–H and O–H groups in total. The van der Waals surface area contributed by atoms with Gasteiger partial charge in [-0.2, -0.15) is 0 Å². The van der Waals surface area contributed by atoms with Crippen LogP contribution in [-0.2, 0) is 25.7 Å². The number of carbonyl (C=O) groups excluding carboxylic acids is 3. The van der Waals surface area contributed by atoms with E-state index in [0.717, 1.165) is 24.8 Å². The molecule has 204 valence electrons. The highest BCUT2D eigenvalue weighted by Gasteiger charge is 2.72. The van der Waals surface area contributed by atoms with Crippen molar-refractivity contribution in [2.75, 3.05) is 26.2 Å². The van der Waals surface area contributed by atoms with Crippen molar-refractivity contribution >= 4 is 17.7 Å². The monoisotopic (exact) mass is 521 g/mol. The van der Waals surface area contributed by atoms with Crippen LogP contribution in [0.5, 0.6) is 0 Å². The zero-order valence-electron chi connectivity index (χ0n) is 22.4. The van der Waals surface area contributed by atoms with Crippen molar-refractivity contribution in [1.29, 1.82) is 0 Å². The van der Waals surface area contributed by atoms with Crippen molar-refractivity contribution in [1.82, 2.24) is 14.7 Å². The van der Waals surface area contributed by atoms with Crippen LogP contribution in [0.4, 0.5) is 0 Å². The number of amides is 3. The lowest BCUT2D eigenvalue weighted by Gasteiger charge is -2.38. The van der Waals surface area contributed by atoms with Crippen LogP contribution in [0.2, 0.25) is 0 Å². The Labute approximate surface area is 224 Å². The van der Waals surface area contributed by atoms with Crippen LogP contribution >= 0.6 is 0 Å². The molecular formula is C30H39N3O5. The van der Waals surface area contributed by atoms with E-state index >= 15 is 0 Å². The third kappa shape index (κ3) is 4.37. The Morgan fingerprint density at radius 2 is 1.76 bits per heavy atom. The molecule has 5 rings (SSSR count). The average molecular weight is 522 g/mol. The molecule has 0 bridgehead atoms. The molecule has 1 unspecified atom stereocenters. The summed E-state index contributed by atoms with van der Waals surface area (Å²) in [4.78, 5) is 47.6. The van der Waals surface area contributed by atoms with E-state index in [4.69, 9.17) is 4.74 Å². The van der Waals surface area contributed by atoms with E-state index in [1.807, 2.05) is 61.6 Å². The van der Waals surface area contributed by atoms with E-state index in [1.54, 1.807) is 14.7 Å². The zero-order valence-corrected chi connectivity index (χ0v) is 22.4. The Balaban J connectivity index is 1.53. The summed E-state index contributed by atoms with van der Waals surface area (Å²) in [5, 5.41) is 10.2. The maximum absolute atomic E-state index is 14.2. The second kappa shape index (κ2) is 11.0. The number of likely N-dealkylation sites (tertiary alicyclic amines) is 1. The van der Waals surface area contributed by atoms with Crippen LogP contribution < -0.4 is 0 Å². The van der Waals surface area contributed by atoms with Gasteiger partial charge in [-0.1, -0.05) is 81.3 Å². The Morgan fingerprint density at radius 1 is 1.00 bits per heavy atom. The summed E-state index contributed by atoms with van der Waals surface area (Å²) in [6.07, 6.45) is 10.5. The SMILES string of the molecule is CCCCCN1CC=C[C@]23O[C@H]4C=CCN(Cc5ccccc5)C(=O)[C@H]4[C@H]2C(=O)N([C@@H](CC)CO)C3C1=O. The van der Waals surface area contributed by atoms with Gasteiger partial charge in [0.2, 0.25) is 17.7 Å². The summed E-state index contributed by atoms with van der Waals surface area (Å²) >= 11 is 0. The highest BCUT2D eigenvalue weighted by atomic mass is 16.5. The number of rotatable bonds is 9. The third-order valence-corrected chi connectivity index (χ3v) is 8.59. The topological polar surface area (TPSA) is 90.4 Å². The van der Waals surface area contributed by atoms with Crippen molar-refractivity contribution in [2.45, 2.75) is 69.9 Å². The molecule has 38 heavy (non-hydrogen) atoms. The summed E-state index contributed by atoms with van der Waals surface area (Å²) in [5.74, 6) is -2.15. The van der Waals surface area contributed by atoms with Gasteiger partial charge in [0, 0.05) is 26.2 Å². The van der Waals surface area contributed by atoms with Gasteiger partial charge in [-0.05, 0) is 18.4 Å². The lowest BCUT2D eigenvalue weighted by atomic mass is 9.77. The van der Waals surface area contributed by atoms with Gasteiger partial charge in [0.15, 0.2) is 0 Å². The number of hydrogen-bond acceptors (Lipinski definition) is 5. The van der Waals surface area contributed by atoms with Crippen LogP contribution in [0.1, 0.15) is 45.1 Å². The molecule has 4 aliphatic heterocycles. The first-order chi connectivity index (χ1) is 18.5. The maximum atomic E-state index is 14.2. The average Bonchev–Trinajstić information content (AvgIpc) is 3.25. The van der Waals surface area contributed by atoms with E-state index in [1.165, 1.54) is 0 Å². The van der Waals surface area contributed by atoms with Crippen molar-refractivity contribution in [3.05, 3.63) is 60.2 Å². The van der Waals surface area contributed by atoms with E-state index in [0.29, 0.717) is 32.6 Å². The first kappa shape index (κ1) is 26.6. The molecule has 1 aromatic rings. The molecule has 2 saturated heterocycles. The summed E-state index contributed by atoms with van der Waals surface area (Å²) in [7, 11) is 0. The number of nitrogens with zero attached hydrogens (tertiary/aromatic N) is 3. The van der Waals surface area contributed by atoms with Gasteiger partial charge >= 0.3 is 0 Å². The number of unbranched alkanes of at least 4 members (excludes halogenated alkanes) is 2.